The molecule has 1 aliphatic heterocycles. The number of carboxylic acid groups (broad SMARTS) is 1. The summed E-state index contributed by atoms with van der Waals surface area (Å²) in [6, 6.07) is 7.05. The van der Waals surface area contributed by atoms with Gasteiger partial charge < -0.3 is 20.1 Å². The molecule has 2 N–H and O–H groups in total. The van der Waals surface area contributed by atoms with E-state index in [2.05, 4.69) is 11.9 Å². The van der Waals surface area contributed by atoms with Crippen molar-refractivity contribution in [2.75, 3.05) is 13.2 Å². The molecule has 122 valence electrons. The number of nitrogens with zero attached hydrogens (tertiary/aromatic N) is 1. The Labute approximate surface area is 133 Å². The highest BCUT2D eigenvalue weighted by atomic mass is 16.5. The zero-order valence-electron chi connectivity index (χ0n) is 12.7. The van der Waals surface area contributed by atoms with Gasteiger partial charge in [-0.15, -0.1) is 0 Å². The number of ether oxygens (including phenoxy) is 1. The summed E-state index contributed by atoms with van der Waals surface area (Å²) in [6.45, 7) is 5.06. The van der Waals surface area contributed by atoms with Crippen LogP contribution in [0.3, 0.4) is 0 Å². The van der Waals surface area contributed by atoms with Gasteiger partial charge in [0.15, 0.2) is 12.6 Å². The predicted molar refractivity (Wildman–Crippen MR) is 81.8 cm³/mol. The molecule has 2 rings (SSSR count). The van der Waals surface area contributed by atoms with E-state index in [0.29, 0.717) is 11.3 Å². The Morgan fingerprint density at radius 3 is 2.61 bits per heavy atom. The van der Waals surface area contributed by atoms with Crippen molar-refractivity contribution in [2.45, 2.75) is 19.0 Å². The third-order valence-electron chi connectivity index (χ3n) is 3.42. The van der Waals surface area contributed by atoms with Crippen molar-refractivity contribution in [3.63, 3.8) is 0 Å². The molecular weight excluding hydrogens is 300 g/mol. The Morgan fingerprint density at radius 2 is 2.09 bits per heavy atom. The average molecular weight is 318 g/mol. The SMILES string of the molecule is C=C(C)C(C(=O)O)N1C[C@H](NC(=O)COc2ccccc2)C1=O. The molecule has 1 aliphatic rings. The normalized spacial score (nSPS) is 17.9. The smallest absolute Gasteiger partial charge is 0.330 e. The van der Waals surface area contributed by atoms with E-state index in [4.69, 9.17) is 9.84 Å². The second kappa shape index (κ2) is 6.95. The number of β-lactam (4-membered cyclic amide) rings is 1. The second-order valence-corrected chi connectivity index (χ2v) is 5.30. The molecule has 0 bridgehead atoms. The lowest BCUT2D eigenvalue weighted by Crippen LogP contribution is -2.68. The van der Waals surface area contributed by atoms with E-state index in [-0.39, 0.29) is 13.2 Å². The molecule has 23 heavy (non-hydrogen) atoms. The van der Waals surface area contributed by atoms with Crippen molar-refractivity contribution < 1.29 is 24.2 Å². The lowest BCUT2D eigenvalue weighted by Gasteiger charge is -2.42. The first-order valence-corrected chi connectivity index (χ1v) is 7.06. The number of hydrogen-bond acceptors (Lipinski definition) is 4. The number of rotatable bonds is 7. The van der Waals surface area contributed by atoms with E-state index in [1.165, 1.54) is 4.90 Å². The highest BCUT2D eigenvalue weighted by Crippen LogP contribution is 2.19. The fraction of sp³-hybridized carbons (Fsp3) is 0.312. The van der Waals surface area contributed by atoms with Crippen LogP contribution in [0.1, 0.15) is 6.92 Å². The van der Waals surface area contributed by atoms with Crippen molar-refractivity contribution in [1.29, 1.82) is 0 Å². The zero-order valence-corrected chi connectivity index (χ0v) is 12.7. The van der Waals surface area contributed by atoms with Crippen LogP contribution >= 0.6 is 0 Å². The van der Waals surface area contributed by atoms with Gasteiger partial charge in [-0.05, 0) is 24.6 Å². The van der Waals surface area contributed by atoms with Crippen LogP contribution in [-0.4, -0.2) is 53.0 Å². The van der Waals surface area contributed by atoms with Crippen LogP contribution in [0.25, 0.3) is 0 Å². The van der Waals surface area contributed by atoms with Gasteiger partial charge in [0, 0.05) is 0 Å². The summed E-state index contributed by atoms with van der Waals surface area (Å²) in [5, 5.41) is 11.6. The van der Waals surface area contributed by atoms with Gasteiger partial charge in [0.05, 0.1) is 6.54 Å². The van der Waals surface area contributed by atoms with E-state index < -0.39 is 29.9 Å². The molecule has 1 fully saturated rings. The van der Waals surface area contributed by atoms with E-state index >= 15 is 0 Å². The summed E-state index contributed by atoms with van der Waals surface area (Å²) < 4.78 is 5.28. The quantitative estimate of drug-likeness (QED) is 0.561. The maximum Gasteiger partial charge on any atom is 0.330 e. The molecule has 7 heteroatoms. The van der Waals surface area contributed by atoms with Crippen molar-refractivity contribution in [1.82, 2.24) is 10.2 Å². The number of benzene rings is 1. The Morgan fingerprint density at radius 1 is 1.43 bits per heavy atom. The number of carboxylic acids is 1. The summed E-state index contributed by atoms with van der Waals surface area (Å²) in [4.78, 5) is 36.1. The first-order chi connectivity index (χ1) is 10.9. The molecule has 2 amide bonds. The third kappa shape index (κ3) is 3.88. The topological polar surface area (TPSA) is 95.9 Å². The van der Waals surface area contributed by atoms with Gasteiger partial charge in [0.2, 0.25) is 5.91 Å². The van der Waals surface area contributed by atoms with E-state index in [1.54, 1.807) is 31.2 Å². The zero-order chi connectivity index (χ0) is 17.0. The number of carbonyl (C=O) groups is 3. The fourth-order valence-corrected chi connectivity index (χ4v) is 2.30. The third-order valence-corrected chi connectivity index (χ3v) is 3.42. The molecule has 7 nitrogen and oxygen atoms in total. The number of para-hydroxylation sites is 1. The van der Waals surface area contributed by atoms with Crippen LogP contribution in [0.2, 0.25) is 0 Å². The van der Waals surface area contributed by atoms with Gasteiger partial charge >= 0.3 is 5.97 Å². The molecule has 1 saturated heterocycles. The molecule has 0 spiro atoms. The molecular formula is C16H18N2O5. The summed E-state index contributed by atoms with van der Waals surface area (Å²) in [5.41, 5.74) is 0.364. The molecule has 0 radical (unpaired) electrons. The first kappa shape index (κ1) is 16.5. The van der Waals surface area contributed by atoms with Gasteiger partial charge in [-0.2, -0.15) is 0 Å². The minimum Gasteiger partial charge on any atom is -0.484 e. The molecule has 0 saturated carbocycles. The average Bonchev–Trinajstić information content (AvgIpc) is 2.51. The van der Waals surface area contributed by atoms with Crippen molar-refractivity contribution >= 4 is 17.8 Å². The molecule has 1 unspecified atom stereocenters. The maximum absolute atomic E-state index is 12.0. The Bertz CT molecular complexity index is 615. The van der Waals surface area contributed by atoms with Crippen LogP contribution in [0.15, 0.2) is 42.5 Å². The number of carbonyl (C=O) groups excluding carboxylic acids is 2. The standard InChI is InChI=1S/C16H18N2O5/c1-10(2)14(16(21)22)18-8-12(15(18)20)17-13(19)9-23-11-6-4-3-5-7-11/h3-7,12,14H,1,8-9H2,2H3,(H,17,19)(H,21,22)/t12-,14?/m0/s1. The van der Waals surface area contributed by atoms with Crippen LogP contribution in [0, 0.1) is 0 Å². The molecule has 1 heterocycles. The van der Waals surface area contributed by atoms with Gasteiger partial charge in [-0.25, -0.2) is 4.79 Å². The first-order valence-electron chi connectivity index (χ1n) is 7.06. The van der Waals surface area contributed by atoms with Gasteiger partial charge in [0.25, 0.3) is 5.91 Å². The highest BCUT2D eigenvalue weighted by molar-refractivity contribution is 5.96. The van der Waals surface area contributed by atoms with Crippen LogP contribution in [0.4, 0.5) is 0 Å². The lowest BCUT2D eigenvalue weighted by atomic mass is 10.00. The monoisotopic (exact) mass is 318 g/mol. The number of aliphatic carboxylic acids is 1. The number of likely N-dealkylation sites (tertiary alicyclic amines) is 1. The number of nitrogens with one attached hydrogen (secondary N) is 1. The maximum atomic E-state index is 12.0. The Hall–Kier alpha value is -2.83. The van der Waals surface area contributed by atoms with E-state index in [0.717, 1.165) is 0 Å². The molecule has 2 atom stereocenters. The summed E-state index contributed by atoms with van der Waals surface area (Å²) in [6.07, 6.45) is 0. The fourth-order valence-electron chi connectivity index (χ4n) is 2.30. The largest absolute Gasteiger partial charge is 0.484 e. The summed E-state index contributed by atoms with van der Waals surface area (Å²) in [7, 11) is 0. The van der Waals surface area contributed by atoms with Gasteiger partial charge in [-0.1, -0.05) is 24.8 Å². The van der Waals surface area contributed by atoms with E-state index in [9.17, 15) is 14.4 Å². The molecule has 0 aromatic heterocycles. The Balaban J connectivity index is 1.82. The minimum atomic E-state index is -1.14. The number of hydrogen-bond donors (Lipinski definition) is 2. The van der Waals surface area contributed by atoms with Crippen LogP contribution < -0.4 is 10.1 Å². The summed E-state index contributed by atoms with van der Waals surface area (Å²) >= 11 is 0. The second-order valence-electron chi connectivity index (χ2n) is 5.30. The highest BCUT2D eigenvalue weighted by Gasteiger charge is 2.44. The van der Waals surface area contributed by atoms with Crippen LogP contribution in [0.5, 0.6) is 5.75 Å². The van der Waals surface area contributed by atoms with Gasteiger partial charge in [-0.3, -0.25) is 9.59 Å². The van der Waals surface area contributed by atoms with Gasteiger partial charge in [0.1, 0.15) is 11.8 Å². The van der Waals surface area contributed by atoms with Crippen molar-refractivity contribution in [3.8, 4) is 5.75 Å². The summed E-state index contributed by atoms with van der Waals surface area (Å²) in [5.74, 6) is -1.46. The van der Waals surface area contributed by atoms with Crippen molar-refractivity contribution in [2.24, 2.45) is 0 Å². The lowest BCUT2D eigenvalue weighted by molar-refractivity contribution is -0.158. The van der Waals surface area contributed by atoms with Crippen molar-refractivity contribution in [3.05, 3.63) is 42.5 Å². The van der Waals surface area contributed by atoms with E-state index in [1.807, 2.05) is 6.07 Å². The van der Waals surface area contributed by atoms with Crippen LogP contribution in [-0.2, 0) is 14.4 Å². The minimum absolute atomic E-state index is 0.139. The number of amides is 2. The molecule has 1 aromatic carbocycles. The Kier molecular flexibility index (Phi) is 5.00. The molecule has 1 aromatic rings. The molecule has 0 aliphatic carbocycles. The predicted octanol–water partition coefficient (Wildman–Crippen LogP) is 0.422.